The van der Waals surface area contributed by atoms with Crippen LogP contribution in [0.2, 0.25) is 12.6 Å². The molecule has 0 saturated carbocycles. The molecule has 0 bridgehead atoms. The Bertz CT molecular complexity index is 472. The number of imidazole rings is 1. The summed E-state index contributed by atoms with van der Waals surface area (Å²) in [6.45, 7) is 0.730. The fourth-order valence-corrected chi connectivity index (χ4v) is 1.92. The highest BCUT2D eigenvalue weighted by Gasteiger charge is 2.31. The Balaban J connectivity index is 2.04. The number of aryl methyl sites for hydroxylation is 1. The van der Waals surface area contributed by atoms with Gasteiger partial charge in [0.1, 0.15) is 5.82 Å². The first-order chi connectivity index (χ1) is 7.34. The molecule has 1 aliphatic heterocycles. The summed E-state index contributed by atoms with van der Waals surface area (Å²) in [6.07, 6.45) is 4.79. The molecule has 2 nitrogen and oxygen atoms in total. The first-order valence-corrected chi connectivity index (χ1v) is 5.43. The van der Waals surface area contributed by atoms with Gasteiger partial charge in [-0.1, -0.05) is 43.0 Å². The molecular weight excluding hydrogens is 183 g/mol. The maximum absolute atomic E-state index is 4.70. The molecule has 74 valence electrons. The lowest BCUT2D eigenvalue weighted by Gasteiger charge is -1.99. The molecule has 15 heavy (non-hydrogen) atoms. The van der Waals surface area contributed by atoms with Crippen molar-refractivity contribution in [3.8, 4) is 11.4 Å². The molecule has 0 spiro atoms. The van der Waals surface area contributed by atoms with E-state index in [1.807, 2.05) is 6.07 Å². The van der Waals surface area contributed by atoms with Gasteiger partial charge in [0.15, 0.2) is 0 Å². The molecule has 0 atom stereocenters. The molecule has 3 heteroatoms. The van der Waals surface area contributed by atoms with Crippen LogP contribution in [0.4, 0.5) is 0 Å². The predicted octanol–water partition coefficient (Wildman–Crippen LogP) is 1.80. The zero-order valence-electron chi connectivity index (χ0n) is 8.85. The molecule has 0 unspecified atom stereocenters. The average molecular weight is 196 g/mol. The number of rotatable bonds is 2. The summed E-state index contributed by atoms with van der Waals surface area (Å²) in [7, 11) is 2.07. The SMILES string of the molecule is Cn1cc(B2CC2)nc1-c1ccccc1. The summed E-state index contributed by atoms with van der Waals surface area (Å²) in [5.74, 6) is 1.08. The van der Waals surface area contributed by atoms with Crippen LogP contribution in [0.1, 0.15) is 0 Å². The third kappa shape index (κ3) is 1.58. The van der Waals surface area contributed by atoms with Crippen molar-refractivity contribution in [2.24, 2.45) is 7.05 Å². The lowest BCUT2D eigenvalue weighted by Crippen LogP contribution is -2.15. The number of benzene rings is 1. The second kappa shape index (κ2) is 3.26. The minimum absolute atomic E-state index is 0.730. The molecule has 1 fully saturated rings. The zero-order valence-corrected chi connectivity index (χ0v) is 8.85. The molecule has 1 aromatic heterocycles. The number of aromatic nitrogens is 2. The monoisotopic (exact) mass is 196 g/mol. The zero-order chi connectivity index (χ0) is 10.3. The van der Waals surface area contributed by atoms with E-state index in [0.717, 1.165) is 12.5 Å². The van der Waals surface area contributed by atoms with Gasteiger partial charge in [-0.25, -0.2) is 4.98 Å². The van der Waals surface area contributed by atoms with Gasteiger partial charge in [0, 0.05) is 24.4 Å². The molecule has 0 radical (unpaired) electrons. The van der Waals surface area contributed by atoms with E-state index in [1.54, 1.807) is 0 Å². The Labute approximate surface area is 90.0 Å². The standard InChI is InChI=1S/C12H13BN2/c1-15-9-11(13-7-8-13)14-12(15)10-5-3-2-4-6-10/h2-6,9H,7-8H2,1H3. The Hall–Kier alpha value is -1.51. The quantitative estimate of drug-likeness (QED) is 0.669. The summed E-state index contributed by atoms with van der Waals surface area (Å²) in [6, 6.07) is 10.4. The van der Waals surface area contributed by atoms with Crippen molar-refractivity contribution < 1.29 is 0 Å². The minimum Gasteiger partial charge on any atom is -0.335 e. The van der Waals surface area contributed by atoms with Crippen LogP contribution in [0.25, 0.3) is 11.4 Å². The van der Waals surface area contributed by atoms with Crippen LogP contribution in [0.3, 0.4) is 0 Å². The first kappa shape index (κ1) is 8.78. The third-order valence-corrected chi connectivity index (χ3v) is 2.92. The van der Waals surface area contributed by atoms with Gasteiger partial charge in [0.2, 0.25) is 6.71 Å². The van der Waals surface area contributed by atoms with Crippen molar-refractivity contribution >= 4 is 12.3 Å². The molecule has 2 heterocycles. The van der Waals surface area contributed by atoms with E-state index in [1.165, 1.54) is 23.8 Å². The van der Waals surface area contributed by atoms with Gasteiger partial charge in [0.05, 0.1) is 0 Å². The number of nitrogens with zero attached hydrogens (tertiary/aromatic N) is 2. The van der Waals surface area contributed by atoms with Gasteiger partial charge in [-0.15, -0.1) is 0 Å². The van der Waals surface area contributed by atoms with Crippen LogP contribution in [0.15, 0.2) is 36.5 Å². The molecule has 0 aliphatic carbocycles. The lowest BCUT2D eigenvalue weighted by atomic mass is 9.68. The fraction of sp³-hybridized carbons (Fsp3) is 0.250. The summed E-state index contributed by atoms with van der Waals surface area (Å²) >= 11 is 0. The highest BCUT2D eigenvalue weighted by Crippen LogP contribution is 2.22. The van der Waals surface area contributed by atoms with E-state index >= 15 is 0 Å². The molecule has 0 N–H and O–H groups in total. The van der Waals surface area contributed by atoms with E-state index < -0.39 is 0 Å². The summed E-state index contributed by atoms with van der Waals surface area (Å²) < 4.78 is 2.13. The topological polar surface area (TPSA) is 17.8 Å². The average Bonchev–Trinajstić information content (AvgIpc) is 3.04. The Morgan fingerprint density at radius 3 is 2.60 bits per heavy atom. The second-order valence-electron chi connectivity index (χ2n) is 4.24. The summed E-state index contributed by atoms with van der Waals surface area (Å²) in [5.41, 5.74) is 2.46. The molecule has 0 amide bonds. The van der Waals surface area contributed by atoms with Crippen molar-refractivity contribution in [1.82, 2.24) is 9.55 Å². The van der Waals surface area contributed by atoms with Crippen LogP contribution < -0.4 is 5.59 Å². The largest absolute Gasteiger partial charge is 0.335 e. The van der Waals surface area contributed by atoms with Gasteiger partial charge >= 0.3 is 0 Å². The Kier molecular flexibility index (Phi) is 1.91. The Morgan fingerprint density at radius 2 is 1.93 bits per heavy atom. The van der Waals surface area contributed by atoms with E-state index in [0.29, 0.717) is 0 Å². The van der Waals surface area contributed by atoms with Gasteiger partial charge in [-0.3, -0.25) is 0 Å². The van der Waals surface area contributed by atoms with Crippen LogP contribution in [0, 0.1) is 0 Å². The van der Waals surface area contributed by atoms with E-state index in [2.05, 4.69) is 42.1 Å². The van der Waals surface area contributed by atoms with Gasteiger partial charge < -0.3 is 4.57 Å². The summed E-state index contributed by atoms with van der Waals surface area (Å²) in [5, 5.41) is 0. The second-order valence-corrected chi connectivity index (χ2v) is 4.24. The molecule has 1 aliphatic rings. The van der Waals surface area contributed by atoms with E-state index in [-0.39, 0.29) is 0 Å². The number of hydrogen-bond acceptors (Lipinski definition) is 1. The van der Waals surface area contributed by atoms with Crippen molar-refractivity contribution in [3.63, 3.8) is 0 Å². The predicted molar refractivity (Wildman–Crippen MR) is 63.6 cm³/mol. The van der Waals surface area contributed by atoms with Crippen molar-refractivity contribution in [2.75, 3.05) is 0 Å². The maximum atomic E-state index is 4.70. The van der Waals surface area contributed by atoms with Crippen molar-refractivity contribution in [2.45, 2.75) is 12.6 Å². The van der Waals surface area contributed by atoms with E-state index in [9.17, 15) is 0 Å². The molecule has 2 aromatic rings. The summed E-state index contributed by atoms with van der Waals surface area (Å²) in [4.78, 5) is 4.70. The van der Waals surface area contributed by atoms with Gasteiger partial charge in [-0.05, 0) is 0 Å². The minimum atomic E-state index is 0.730. The molecule has 1 aromatic carbocycles. The highest BCUT2D eigenvalue weighted by atomic mass is 15.0. The maximum Gasteiger partial charge on any atom is 0.201 e. The van der Waals surface area contributed by atoms with Crippen LogP contribution >= 0.6 is 0 Å². The smallest absolute Gasteiger partial charge is 0.201 e. The number of hydrogen-bond donors (Lipinski definition) is 0. The molecular formula is C12H13BN2. The lowest BCUT2D eigenvalue weighted by molar-refractivity contribution is 0.925. The Morgan fingerprint density at radius 1 is 1.20 bits per heavy atom. The van der Waals surface area contributed by atoms with E-state index in [4.69, 9.17) is 4.98 Å². The van der Waals surface area contributed by atoms with Gasteiger partial charge in [-0.2, -0.15) is 0 Å². The molecule has 3 rings (SSSR count). The van der Waals surface area contributed by atoms with Crippen LogP contribution in [-0.2, 0) is 7.05 Å². The van der Waals surface area contributed by atoms with Crippen molar-refractivity contribution in [1.29, 1.82) is 0 Å². The fourth-order valence-electron chi connectivity index (χ4n) is 1.92. The van der Waals surface area contributed by atoms with Crippen molar-refractivity contribution in [3.05, 3.63) is 36.5 Å². The first-order valence-electron chi connectivity index (χ1n) is 5.43. The van der Waals surface area contributed by atoms with Crippen LogP contribution in [-0.4, -0.2) is 16.3 Å². The normalized spacial score (nSPS) is 14.3. The van der Waals surface area contributed by atoms with Gasteiger partial charge in [0.25, 0.3) is 0 Å². The highest BCUT2D eigenvalue weighted by molar-refractivity contribution is 6.81. The van der Waals surface area contributed by atoms with Crippen LogP contribution in [0.5, 0.6) is 0 Å². The third-order valence-electron chi connectivity index (χ3n) is 2.92. The molecule has 1 saturated heterocycles.